The number of hydrogen-bond acceptors (Lipinski definition) is 5. The Kier molecular flexibility index (Phi) is 4.76. The average molecular weight is 394 g/mol. The Morgan fingerprint density at radius 1 is 1.32 bits per heavy atom. The first kappa shape index (κ1) is 18.1. The van der Waals surface area contributed by atoms with Gasteiger partial charge in [0.05, 0.1) is 22.1 Å². The summed E-state index contributed by atoms with van der Waals surface area (Å²) in [5.74, 6) is 0.107. The van der Waals surface area contributed by atoms with Crippen molar-refractivity contribution in [3.05, 3.63) is 58.9 Å². The van der Waals surface area contributed by atoms with Crippen molar-refractivity contribution in [2.75, 3.05) is 13.2 Å². The summed E-state index contributed by atoms with van der Waals surface area (Å²) >= 11 is 6.22. The summed E-state index contributed by atoms with van der Waals surface area (Å²) in [6.07, 6.45) is 2.98. The molecule has 7 heteroatoms. The number of halogens is 1. The van der Waals surface area contributed by atoms with Gasteiger partial charge in [0.15, 0.2) is 23.2 Å². The van der Waals surface area contributed by atoms with Gasteiger partial charge in [0.2, 0.25) is 0 Å². The zero-order valence-corrected chi connectivity index (χ0v) is 15.8. The van der Waals surface area contributed by atoms with Crippen molar-refractivity contribution in [3.8, 4) is 17.6 Å². The Hall–Kier alpha value is -3.30. The molecule has 0 bridgehead atoms. The van der Waals surface area contributed by atoms with Crippen LogP contribution in [0.1, 0.15) is 17.3 Å². The number of fused-ring (bicyclic) bond motifs is 2. The van der Waals surface area contributed by atoms with E-state index in [1.54, 1.807) is 29.8 Å². The van der Waals surface area contributed by atoms with Crippen LogP contribution in [0.3, 0.4) is 0 Å². The van der Waals surface area contributed by atoms with Crippen molar-refractivity contribution >= 4 is 34.5 Å². The second-order valence-corrected chi connectivity index (χ2v) is 6.75. The number of carbonyl (C=O) groups excluding carboxylic acids is 1. The fourth-order valence-electron chi connectivity index (χ4n) is 3.17. The number of nitriles is 1. The maximum atomic E-state index is 12.7. The van der Waals surface area contributed by atoms with Gasteiger partial charge in [-0.15, -0.1) is 0 Å². The predicted molar refractivity (Wildman–Crippen MR) is 106 cm³/mol. The number of aryl methyl sites for hydroxylation is 1. The molecule has 0 spiro atoms. The molecular formula is C21H16ClN3O3. The number of ketones is 1. The van der Waals surface area contributed by atoms with Gasteiger partial charge in [0.1, 0.15) is 19.0 Å². The highest BCUT2D eigenvalue weighted by Crippen LogP contribution is 2.38. The molecule has 6 nitrogen and oxygen atoms in total. The van der Waals surface area contributed by atoms with Crippen LogP contribution in [-0.2, 0) is 11.8 Å². The second-order valence-electron chi connectivity index (χ2n) is 6.34. The van der Waals surface area contributed by atoms with E-state index in [9.17, 15) is 10.1 Å². The van der Waals surface area contributed by atoms with E-state index in [2.05, 4.69) is 11.1 Å². The van der Waals surface area contributed by atoms with E-state index < -0.39 is 5.92 Å². The molecule has 2 aromatic carbocycles. The van der Waals surface area contributed by atoms with Gasteiger partial charge in [-0.2, -0.15) is 5.26 Å². The van der Waals surface area contributed by atoms with Crippen LogP contribution in [0.2, 0.25) is 5.02 Å². The standard InChI is InChI=1S/C21H16ClN3O3/c1-25-17-5-3-2-4-16(17)24-21(25)14(12-23)18(26)7-6-13-10-15(22)20-19(11-13)27-8-9-28-20/h2-7,10-11,14H,8-9H2,1H3/b7-6+. The fraction of sp³-hybridized carbons (Fsp3) is 0.190. The molecule has 0 N–H and O–H groups in total. The Balaban J connectivity index is 1.62. The molecule has 0 amide bonds. The number of para-hydroxylation sites is 2. The number of allylic oxidation sites excluding steroid dienone is 1. The van der Waals surface area contributed by atoms with Crippen LogP contribution < -0.4 is 9.47 Å². The van der Waals surface area contributed by atoms with E-state index in [1.807, 2.05) is 24.3 Å². The van der Waals surface area contributed by atoms with Gasteiger partial charge in [-0.3, -0.25) is 4.79 Å². The third kappa shape index (κ3) is 3.21. The normalized spacial score (nSPS) is 14.2. The minimum absolute atomic E-state index is 0.355. The average Bonchev–Trinajstić information content (AvgIpc) is 3.04. The lowest BCUT2D eigenvalue weighted by Gasteiger charge is -2.19. The van der Waals surface area contributed by atoms with Crippen molar-refractivity contribution in [3.63, 3.8) is 0 Å². The molecule has 1 unspecified atom stereocenters. The molecule has 1 atom stereocenters. The highest BCUT2D eigenvalue weighted by molar-refractivity contribution is 6.32. The summed E-state index contributed by atoms with van der Waals surface area (Å²) in [4.78, 5) is 17.2. The van der Waals surface area contributed by atoms with Crippen LogP contribution in [-0.4, -0.2) is 28.5 Å². The predicted octanol–water partition coefficient (Wildman–Crippen LogP) is 3.89. The van der Waals surface area contributed by atoms with Crippen molar-refractivity contribution in [1.82, 2.24) is 9.55 Å². The topological polar surface area (TPSA) is 77.1 Å². The van der Waals surface area contributed by atoms with Crippen molar-refractivity contribution in [1.29, 1.82) is 5.26 Å². The van der Waals surface area contributed by atoms with Gasteiger partial charge < -0.3 is 14.0 Å². The highest BCUT2D eigenvalue weighted by atomic mass is 35.5. The molecule has 3 aromatic rings. The van der Waals surface area contributed by atoms with Gasteiger partial charge >= 0.3 is 0 Å². The van der Waals surface area contributed by atoms with Crippen LogP contribution in [0.4, 0.5) is 0 Å². The number of rotatable bonds is 4. The Morgan fingerprint density at radius 3 is 2.89 bits per heavy atom. The molecule has 1 aliphatic rings. The zero-order valence-electron chi connectivity index (χ0n) is 15.1. The molecule has 4 rings (SSSR count). The number of nitrogens with zero attached hydrogens (tertiary/aromatic N) is 3. The summed E-state index contributed by atoms with van der Waals surface area (Å²) < 4.78 is 12.8. The maximum absolute atomic E-state index is 12.7. The lowest BCUT2D eigenvalue weighted by atomic mass is 10.0. The molecule has 2 heterocycles. The van der Waals surface area contributed by atoms with E-state index in [0.29, 0.717) is 41.1 Å². The lowest BCUT2D eigenvalue weighted by molar-refractivity contribution is -0.115. The van der Waals surface area contributed by atoms with Crippen molar-refractivity contribution < 1.29 is 14.3 Å². The smallest absolute Gasteiger partial charge is 0.180 e. The molecule has 0 saturated carbocycles. The van der Waals surface area contributed by atoms with Crippen LogP contribution in [0, 0.1) is 11.3 Å². The quantitative estimate of drug-likeness (QED) is 0.628. The van der Waals surface area contributed by atoms with E-state index in [0.717, 1.165) is 11.0 Å². The third-order valence-corrected chi connectivity index (χ3v) is 4.83. The number of benzene rings is 2. The molecule has 0 fully saturated rings. The van der Waals surface area contributed by atoms with E-state index >= 15 is 0 Å². The molecular weight excluding hydrogens is 378 g/mol. The third-order valence-electron chi connectivity index (χ3n) is 4.55. The van der Waals surface area contributed by atoms with Crippen LogP contribution in [0.15, 0.2) is 42.5 Å². The van der Waals surface area contributed by atoms with E-state index in [4.69, 9.17) is 21.1 Å². The van der Waals surface area contributed by atoms with Gasteiger partial charge in [-0.25, -0.2) is 4.98 Å². The van der Waals surface area contributed by atoms with Gasteiger partial charge in [0, 0.05) is 7.05 Å². The van der Waals surface area contributed by atoms with Gasteiger partial charge in [-0.1, -0.05) is 29.8 Å². The Bertz CT molecular complexity index is 1140. The first-order chi connectivity index (χ1) is 13.6. The molecule has 0 aliphatic carbocycles. The van der Waals surface area contributed by atoms with E-state index in [-0.39, 0.29) is 5.78 Å². The van der Waals surface area contributed by atoms with Crippen LogP contribution in [0.25, 0.3) is 17.1 Å². The zero-order chi connectivity index (χ0) is 19.7. The molecule has 140 valence electrons. The van der Waals surface area contributed by atoms with E-state index in [1.165, 1.54) is 6.08 Å². The lowest BCUT2D eigenvalue weighted by Crippen LogP contribution is -2.15. The number of hydrogen-bond donors (Lipinski definition) is 0. The Morgan fingerprint density at radius 2 is 2.11 bits per heavy atom. The molecule has 1 aromatic heterocycles. The summed E-state index contributed by atoms with van der Waals surface area (Å²) in [7, 11) is 1.80. The fourth-order valence-corrected chi connectivity index (χ4v) is 3.45. The van der Waals surface area contributed by atoms with Gasteiger partial charge in [-0.05, 0) is 35.9 Å². The first-order valence-corrected chi connectivity index (χ1v) is 9.08. The number of ether oxygens (including phenoxy) is 2. The number of carbonyl (C=O) groups is 1. The monoisotopic (exact) mass is 393 g/mol. The van der Waals surface area contributed by atoms with Crippen LogP contribution >= 0.6 is 11.6 Å². The second kappa shape index (κ2) is 7.37. The summed E-state index contributed by atoms with van der Waals surface area (Å²) in [5, 5.41) is 10.00. The summed E-state index contributed by atoms with van der Waals surface area (Å²) in [6, 6.07) is 13.0. The molecule has 1 aliphatic heterocycles. The SMILES string of the molecule is Cn1c(C(C#N)C(=O)/C=C/c2cc(Cl)c3c(c2)OCCO3)nc2ccccc21. The van der Waals surface area contributed by atoms with Crippen molar-refractivity contribution in [2.45, 2.75) is 5.92 Å². The largest absolute Gasteiger partial charge is 0.486 e. The van der Waals surface area contributed by atoms with Gasteiger partial charge in [0.25, 0.3) is 0 Å². The highest BCUT2D eigenvalue weighted by Gasteiger charge is 2.24. The first-order valence-electron chi connectivity index (χ1n) is 8.70. The summed E-state index contributed by atoms with van der Waals surface area (Å²) in [6.45, 7) is 0.890. The molecule has 28 heavy (non-hydrogen) atoms. The minimum Gasteiger partial charge on any atom is -0.486 e. The van der Waals surface area contributed by atoms with Crippen molar-refractivity contribution in [2.24, 2.45) is 7.05 Å². The molecule has 0 radical (unpaired) electrons. The number of aromatic nitrogens is 2. The Labute approximate surface area is 166 Å². The maximum Gasteiger partial charge on any atom is 0.180 e. The van der Waals surface area contributed by atoms with Crippen LogP contribution in [0.5, 0.6) is 11.5 Å². The minimum atomic E-state index is -0.999. The summed E-state index contributed by atoms with van der Waals surface area (Å²) in [5.41, 5.74) is 2.30. The molecule has 0 saturated heterocycles. The number of imidazole rings is 1.